The van der Waals surface area contributed by atoms with Crippen molar-refractivity contribution < 1.29 is 14.0 Å². The highest BCUT2D eigenvalue weighted by Crippen LogP contribution is 2.11. The molecule has 0 atom stereocenters. The number of nitrogens with zero attached hydrogens (tertiary/aromatic N) is 1. The van der Waals surface area contributed by atoms with Crippen LogP contribution in [0.5, 0.6) is 0 Å². The molecule has 0 spiro atoms. The third kappa shape index (κ3) is 5.60. The fourth-order valence-corrected chi connectivity index (χ4v) is 2.36. The average molecular weight is 343 g/mol. The van der Waals surface area contributed by atoms with Crippen molar-refractivity contribution in [2.75, 3.05) is 17.6 Å². The van der Waals surface area contributed by atoms with Gasteiger partial charge in [-0.1, -0.05) is 12.1 Å². The molecule has 3 N–H and O–H groups in total. The first-order chi connectivity index (χ1) is 11.8. The Bertz CT molecular complexity index is 727. The summed E-state index contributed by atoms with van der Waals surface area (Å²) in [6.45, 7) is 3.64. The summed E-state index contributed by atoms with van der Waals surface area (Å²) in [7, 11) is 0. The Hall–Kier alpha value is -2.89. The number of nitrogens with two attached hydrogens (primary N) is 1. The van der Waals surface area contributed by atoms with Gasteiger partial charge in [0.1, 0.15) is 12.4 Å². The Balaban J connectivity index is 1.99. The topological polar surface area (TPSA) is 75.4 Å². The van der Waals surface area contributed by atoms with Crippen LogP contribution in [0.1, 0.15) is 19.4 Å². The number of benzene rings is 2. The van der Waals surface area contributed by atoms with Crippen molar-refractivity contribution in [2.24, 2.45) is 0 Å². The zero-order valence-corrected chi connectivity index (χ0v) is 14.3. The van der Waals surface area contributed by atoms with E-state index in [0.29, 0.717) is 11.4 Å². The summed E-state index contributed by atoms with van der Waals surface area (Å²) in [5.41, 5.74) is 7.60. The molecular formula is C19H22FN3O2. The first-order valence-corrected chi connectivity index (χ1v) is 8.04. The van der Waals surface area contributed by atoms with Crippen LogP contribution < -0.4 is 11.1 Å². The molecule has 0 unspecified atom stereocenters. The van der Waals surface area contributed by atoms with Crippen LogP contribution in [-0.2, 0) is 16.0 Å². The van der Waals surface area contributed by atoms with Gasteiger partial charge in [-0.3, -0.25) is 9.59 Å². The number of nitrogens with one attached hydrogen (secondary N) is 1. The number of carbonyl (C=O) groups is 2. The molecule has 2 aromatic carbocycles. The monoisotopic (exact) mass is 343 g/mol. The van der Waals surface area contributed by atoms with E-state index in [1.807, 2.05) is 13.8 Å². The van der Waals surface area contributed by atoms with E-state index in [9.17, 15) is 14.0 Å². The van der Waals surface area contributed by atoms with Crippen molar-refractivity contribution in [1.82, 2.24) is 4.90 Å². The van der Waals surface area contributed by atoms with Crippen molar-refractivity contribution in [3.05, 3.63) is 59.9 Å². The normalized spacial score (nSPS) is 10.6. The van der Waals surface area contributed by atoms with Crippen LogP contribution >= 0.6 is 0 Å². The smallest absolute Gasteiger partial charge is 0.244 e. The van der Waals surface area contributed by atoms with E-state index in [2.05, 4.69) is 5.32 Å². The Morgan fingerprint density at radius 3 is 2.24 bits per heavy atom. The van der Waals surface area contributed by atoms with Crippen LogP contribution in [-0.4, -0.2) is 29.3 Å². The maximum atomic E-state index is 12.9. The van der Waals surface area contributed by atoms with Gasteiger partial charge in [0.05, 0.1) is 6.42 Å². The predicted octanol–water partition coefficient (Wildman–Crippen LogP) is 2.83. The van der Waals surface area contributed by atoms with Crippen LogP contribution in [0, 0.1) is 5.82 Å². The fraction of sp³-hybridized carbons (Fsp3) is 0.263. The number of anilines is 2. The summed E-state index contributed by atoms with van der Waals surface area (Å²) in [6, 6.07) is 12.4. The Morgan fingerprint density at radius 2 is 1.68 bits per heavy atom. The Labute approximate surface area is 146 Å². The fourth-order valence-electron chi connectivity index (χ4n) is 2.36. The van der Waals surface area contributed by atoms with E-state index >= 15 is 0 Å². The van der Waals surface area contributed by atoms with Crippen molar-refractivity contribution in [1.29, 1.82) is 0 Å². The zero-order valence-electron chi connectivity index (χ0n) is 14.3. The van der Waals surface area contributed by atoms with E-state index in [-0.39, 0.29) is 36.6 Å². The molecule has 2 rings (SSSR count). The third-order valence-electron chi connectivity index (χ3n) is 3.72. The number of halogens is 1. The van der Waals surface area contributed by atoms with Gasteiger partial charge in [0, 0.05) is 17.4 Å². The molecule has 2 amide bonds. The minimum atomic E-state index is -0.375. The molecule has 0 aromatic heterocycles. The molecule has 0 aliphatic heterocycles. The van der Waals surface area contributed by atoms with Gasteiger partial charge in [-0.25, -0.2) is 4.39 Å². The van der Waals surface area contributed by atoms with Gasteiger partial charge in [0.2, 0.25) is 11.8 Å². The van der Waals surface area contributed by atoms with Crippen LogP contribution in [0.2, 0.25) is 0 Å². The van der Waals surface area contributed by atoms with Crippen LogP contribution in [0.15, 0.2) is 48.5 Å². The highest BCUT2D eigenvalue weighted by atomic mass is 19.1. The third-order valence-corrected chi connectivity index (χ3v) is 3.72. The van der Waals surface area contributed by atoms with Crippen LogP contribution in [0.25, 0.3) is 0 Å². The summed E-state index contributed by atoms with van der Waals surface area (Å²) in [4.78, 5) is 26.2. The standard InChI is InChI=1S/C19H22FN3O2/c1-13(2)23(19(25)11-14-3-7-16(21)8-4-14)12-18(24)22-17-9-5-15(20)6-10-17/h3-10,13H,11-12,21H2,1-2H3,(H,22,24). The summed E-state index contributed by atoms with van der Waals surface area (Å²) in [5, 5.41) is 2.66. The van der Waals surface area contributed by atoms with Gasteiger partial charge in [0.25, 0.3) is 0 Å². The maximum Gasteiger partial charge on any atom is 0.244 e. The SMILES string of the molecule is CC(C)N(CC(=O)Nc1ccc(F)cc1)C(=O)Cc1ccc(N)cc1. The van der Waals surface area contributed by atoms with Gasteiger partial charge < -0.3 is 16.0 Å². The quantitative estimate of drug-likeness (QED) is 0.792. The molecule has 25 heavy (non-hydrogen) atoms. The average Bonchev–Trinajstić information content (AvgIpc) is 2.56. The molecule has 132 valence electrons. The van der Waals surface area contributed by atoms with Gasteiger partial charge in [0.15, 0.2) is 0 Å². The summed E-state index contributed by atoms with van der Waals surface area (Å²) in [5.74, 6) is -0.847. The summed E-state index contributed by atoms with van der Waals surface area (Å²) >= 11 is 0. The van der Waals surface area contributed by atoms with Gasteiger partial charge in [-0.05, 0) is 55.8 Å². The van der Waals surface area contributed by atoms with Crippen LogP contribution in [0.4, 0.5) is 15.8 Å². The predicted molar refractivity (Wildman–Crippen MR) is 96.4 cm³/mol. The molecular weight excluding hydrogens is 321 g/mol. The molecule has 0 radical (unpaired) electrons. The molecule has 0 heterocycles. The lowest BCUT2D eigenvalue weighted by Crippen LogP contribution is -2.43. The Morgan fingerprint density at radius 1 is 1.08 bits per heavy atom. The minimum Gasteiger partial charge on any atom is -0.399 e. The van der Waals surface area contributed by atoms with E-state index in [1.54, 1.807) is 24.3 Å². The number of amides is 2. The molecule has 0 aliphatic carbocycles. The molecule has 0 saturated heterocycles. The van der Waals surface area contributed by atoms with E-state index in [1.165, 1.54) is 29.2 Å². The van der Waals surface area contributed by atoms with E-state index in [4.69, 9.17) is 5.73 Å². The van der Waals surface area contributed by atoms with Crippen LogP contribution in [0.3, 0.4) is 0 Å². The number of carbonyl (C=O) groups excluding carboxylic acids is 2. The minimum absolute atomic E-state index is 0.0666. The lowest BCUT2D eigenvalue weighted by atomic mass is 10.1. The van der Waals surface area contributed by atoms with Crippen molar-refractivity contribution in [2.45, 2.75) is 26.3 Å². The molecule has 5 nitrogen and oxygen atoms in total. The largest absolute Gasteiger partial charge is 0.399 e. The number of hydrogen-bond acceptors (Lipinski definition) is 3. The second-order valence-electron chi connectivity index (χ2n) is 6.09. The summed E-state index contributed by atoms with van der Waals surface area (Å²) in [6.07, 6.45) is 0.197. The zero-order chi connectivity index (χ0) is 18.4. The Kier molecular flexibility index (Phi) is 6.11. The van der Waals surface area contributed by atoms with E-state index < -0.39 is 0 Å². The van der Waals surface area contributed by atoms with Gasteiger partial charge in [-0.2, -0.15) is 0 Å². The second kappa shape index (κ2) is 8.28. The lowest BCUT2D eigenvalue weighted by Gasteiger charge is -2.26. The van der Waals surface area contributed by atoms with Gasteiger partial charge in [-0.15, -0.1) is 0 Å². The molecule has 0 fully saturated rings. The lowest BCUT2D eigenvalue weighted by molar-refractivity contribution is -0.135. The molecule has 6 heteroatoms. The first kappa shape index (κ1) is 18.4. The van der Waals surface area contributed by atoms with E-state index in [0.717, 1.165) is 5.56 Å². The molecule has 0 saturated carbocycles. The molecule has 0 aliphatic rings. The number of hydrogen-bond donors (Lipinski definition) is 2. The molecule has 0 bridgehead atoms. The number of rotatable bonds is 6. The second-order valence-corrected chi connectivity index (χ2v) is 6.09. The highest BCUT2D eigenvalue weighted by Gasteiger charge is 2.20. The number of nitrogen functional groups attached to an aromatic ring is 1. The highest BCUT2D eigenvalue weighted by molar-refractivity contribution is 5.94. The first-order valence-electron chi connectivity index (χ1n) is 8.04. The van der Waals surface area contributed by atoms with Gasteiger partial charge >= 0.3 is 0 Å². The summed E-state index contributed by atoms with van der Waals surface area (Å²) < 4.78 is 12.9. The van der Waals surface area contributed by atoms with Crippen molar-refractivity contribution >= 4 is 23.2 Å². The molecule has 2 aromatic rings. The van der Waals surface area contributed by atoms with Crippen molar-refractivity contribution in [3.8, 4) is 0 Å². The maximum absolute atomic E-state index is 12.9. The van der Waals surface area contributed by atoms with Crippen molar-refractivity contribution in [3.63, 3.8) is 0 Å².